The lowest BCUT2D eigenvalue weighted by molar-refractivity contribution is -0.118. The molecule has 1 atom stereocenters. The van der Waals surface area contributed by atoms with E-state index in [4.69, 9.17) is 0 Å². The summed E-state index contributed by atoms with van der Waals surface area (Å²) in [4.78, 5) is 30.1. The Morgan fingerprint density at radius 3 is 2.35 bits per heavy atom. The van der Waals surface area contributed by atoms with Crippen LogP contribution in [0.25, 0.3) is 11.3 Å². The van der Waals surface area contributed by atoms with Crippen molar-refractivity contribution in [2.24, 2.45) is 5.41 Å². The minimum Gasteiger partial charge on any atom is -0.326 e. The highest BCUT2D eigenvalue weighted by Crippen LogP contribution is 2.28. The van der Waals surface area contributed by atoms with Gasteiger partial charge in [-0.05, 0) is 36.6 Å². The second-order valence-electron chi connectivity index (χ2n) is 8.46. The average Bonchev–Trinajstić information content (AvgIpc) is 3.17. The van der Waals surface area contributed by atoms with Gasteiger partial charge in [0.05, 0.1) is 10.9 Å². The largest absolute Gasteiger partial charge is 0.326 e. The van der Waals surface area contributed by atoms with E-state index in [9.17, 15) is 9.59 Å². The Bertz CT molecular complexity index is 1020. The Morgan fingerprint density at radius 2 is 1.71 bits per heavy atom. The molecular weight excluding hydrogens is 426 g/mol. The van der Waals surface area contributed by atoms with Crippen molar-refractivity contribution >= 4 is 45.7 Å². The van der Waals surface area contributed by atoms with E-state index in [1.807, 2.05) is 87.7 Å². The van der Waals surface area contributed by atoms with Crippen LogP contribution < -0.4 is 10.6 Å². The normalized spacial score (nSPS) is 12.3. The molecule has 0 aliphatic heterocycles. The van der Waals surface area contributed by atoms with Crippen LogP contribution in [0, 0.1) is 5.41 Å². The van der Waals surface area contributed by atoms with Crippen LogP contribution in [0.3, 0.4) is 0 Å². The Morgan fingerprint density at radius 1 is 1.03 bits per heavy atom. The predicted octanol–water partition coefficient (Wildman–Crippen LogP) is 6.30. The highest BCUT2D eigenvalue weighted by molar-refractivity contribution is 8.00. The lowest BCUT2D eigenvalue weighted by Gasteiger charge is -2.17. The molecule has 1 aromatic heterocycles. The molecule has 5 nitrogen and oxygen atoms in total. The molecular formula is C24H27N3O2S2. The van der Waals surface area contributed by atoms with Gasteiger partial charge < -0.3 is 10.6 Å². The number of thiazole rings is 1. The molecule has 0 bridgehead atoms. The summed E-state index contributed by atoms with van der Waals surface area (Å²) in [5.41, 5.74) is 2.58. The summed E-state index contributed by atoms with van der Waals surface area (Å²) in [5, 5.41) is 8.06. The summed E-state index contributed by atoms with van der Waals surface area (Å²) in [5.74, 6) is -0.0968. The zero-order valence-corrected chi connectivity index (χ0v) is 19.8. The van der Waals surface area contributed by atoms with E-state index in [0.29, 0.717) is 11.6 Å². The summed E-state index contributed by atoms with van der Waals surface area (Å²) < 4.78 is 0. The van der Waals surface area contributed by atoms with Gasteiger partial charge in [0.1, 0.15) is 0 Å². The van der Waals surface area contributed by atoms with Gasteiger partial charge in [-0.15, -0.1) is 23.1 Å². The van der Waals surface area contributed by atoms with E-state index >= 15 is 0 Å². The quantitative estimate of drug-likeness (QED) is 0.412. The molecule has 0 aliphatic carbocycles. The Labute approximate surface area is 191 Å². The number of nitrogens with zero attached hydrogens (tertiary/aromatic N) is 1. The molecule has 1 heterocycles. The van der Waals surface area contributed by atoms with Crippen LogP contribution in [-0.2, 0) is 9.59 Å². The summed E-state index contributed by atoms with van der Waals surface area (Å²) in [7, 11) is 0. The maximum Gasteiger partial charge on any atom is 0.239 e. The molecule has 0 fully saturated rings. The van der Waals surface area contributed by atoms with Crippen molar-refractivity contribution in [1.29, 1.82) is 0 Å². The number of carbonyl (C=O) groups is 2. The van der Waals surface area contributed by atoms with Crippen molar-refractivity contribution in [2.75, 3.05) is 10.6 Å². The number of hydrogen-bond acceptors (Lipinski definition) is 5. The number of amides is 2. The minimum absolute atomic E-state index is 0.000955. The van der Waals surface area contributed by atoms with Gasteiger partial charge in [-0.25, -0.2) is 4.98 Å². The SMILES string of the molecule is CC(Sc1ccc(NC(=O)CC(C)(C)C)cc1)C(=O)Nc1nc(-c2ccccc2)cs1. The molecule has 0 spiro atoms. The van der Waals surface area contributed by atoms with Crippen LogP contribution in [0.5, 0.6) is 0 Å². The Kier molecular flexibility index (Phi) is 7.51. The van der Waals surface area contributed by atoms with Crippen LogP contribution in [-0.4, -0.2) is 22.0 Å². The van der Waals surface area contributed by atoms with Gasteiger partial charge in [0.2, 0.25) is 11.8 Å². The molecule has 162 valence electrons. The van der Waals surface area contributed by atoms with Crippen LogP contribution in [0.15, 0.2) is 64.9 Å². The van der Waals surface area contributed by atoms with E-state index in [2.05, 4.69) is 15.6 Å². The third kappa shape index (κ3) is 7.22. The highest BCUT2D eigenvalue weighted by atomic mass is 32.2. The summed E-state index contributed by atoms with van der Waals surface area (Å²) in [6, 6.07) is 17.4. The number of hydrogen-bond donors (Lipinski definition) is 2. The van der Waals surface area contributed by atoms with Crippen molar-refractivity contribution in [3.8, 4) is 11.3 Å². The zero-order valence-electron chi connectivity index (χ0n) is 18.1. The van der Waals surface area contributed by atoms with Crippen LogP contribution in [0.4, 0.5) is 10.8 Å². The standard InChI is InChI=1S/C24H27N3O2S2/c1-16(22(29)27-23-26-20(15-30-23)17-8-6-5-7-9-17)31-19-12-10-18(11-13-19)25-21(28)14-24(2,3)4/h5-13,15-16H,14H2,1-4H3,(H,25,28)(H,26,27,29). The molecule has 0 radical (unpaired) electrons. The van der Waals surface area contributed by atoms with E-state index in [1.54, 1.807) is 0 Å². The zero-order chi connectivity index (χ0) is 22.4. The maximum atomic E-state index is 12.6. The number of nitrogens with one attached hydrogen (secondary N) is 2. The molecule has 0 aliphatic rings. The van der Waals surface area contributed by atoms with Crippen LogP contribution in [0.2, 0.25) is 0 Å². The molecule has 2 N–H and O–H groups in total. The molecule has 3 aromatic rings. The second-order valence-corrected chi connectivity index (χ2v) is 10.7. The van der Waals surface area contributed by atoms with Crippen molar-refractivity contribution in [3.63, 3.8) is 0 Å². The van der Waals surface area contributed by atoms with E-state index in [1.165, 1.54) is 23.1 Å². The fourth-order valence-electron chi connectivity index (χ4n) is 2.84. The monoisotopic (exact) mass is 453 g/mol. The highest BCUT2D eigenvalue weighted by Gasteiger charge is 2.18. The molecule has 0 saturated carbocycles. The third-order valence-corrected chi connectivity index (χ3v) is 6.18. The van der Waals surface area contributed by atoms with Crippen molar-refractivity contribution < 1.29 is 9.59 Å². The molecule has 2 aromatic carbocycles. The smallest absolute Gasteiger partial charge is 0.239 e. The fraction of sp³-hybridized carbons (Fsp3) is 0.292. The molecule has 0 saturated heterocycles. The molecule has 3 rings (SSSR count). The third-order valence-electron chi connectivity index (χ3n) is 4.31. The Balaban J connectivity index is 1.53. The van der Waals surface area contributed by atoms with Gasteiger partial charge in [0, 0.05) is 27.9 Å². The average molecular weight is 454 g/mol. The van der Waals surface area contributed by atoms with Crippen LogP contribution >= 0.6 is 23.1 Å². The maximum absolute atomic E-state index is 12.6. The first-order valence-electron chi connectivity index (χ1n) is 10.1. The number of aromatic nitrogens is 1. The van der Waals surface area contributed by atoms with Gasteiger partial charge in [-0.2, -0.15) is 0 Å². The van der Waals surface area contributed by atoms with Gasteiger partial charge >= 0.3 is 0 Å². The van der Waals surface area contributed by atoms with Crippen molar-refractivity contribution in [1.82, 2.24) is 4.98 Å². The van der Waals surface area contributed by atoms with Gasteiger partial charge in [-0.3, -0.25) is 9.59 Å². The molecule has 1 unspecified atom stereocenters. The summed E-state index contributed by atoms with van der Waals surface area (Å²) in [6.45, 7) is 7.97. The lowest BCUT2D eigenvalue weighted by atomic mass is 9.92. The number of rotatable bonds is 7. The number of carbonyl (C=O) groups excluding carboxylic acids is 2. The number of anilines is 2. The molecule has 7 heteroatoms. The van der Waals surface area contributed by atoms with E-state index in [-0.39, 0.29) is 22.5 Å². The topological polar surface area (TPSA) is 71.1 Å². The molecule has 2 amide bonds. The molecule has 31 heavy (non-hydrogen) atoms. The van der Waals surface area contributed by atoms with Gasteiger partial charge in [-0.1, -0.05) is 51.1 Å². The Hall–Kier alpha value is -2.64. The first-order valence-corrected chi connectivity index (χ1v) is 11.8. The first-order chi connectivity index (χ1) is 14.7. The van der Waals surface area contributed by atoms with E-state index in [0.717, 1.165) is 21.8 Å². The minimum atomic E-state index is -0.287. The van der Waals surface area contributed by atoms with Gasteiger partial charge in [0.15, 0.2) is 5.13 Å². The fourth-order valence-corrected chi connectivity index (χ4v) is 4.43. The number of thioether (sulfide) groups is 1. The lowest BCUT2D eigenvalue weighted by Crippen LogP contribution is -2.22. The summed E-state index contributed by atoms with van der Waals surface area (Å²) >= 11 is 2.88. The predicted molar refractivity (Wildman–Crippen MR) is 131 cm³/mol. The number of benzene rings is 2. The summed E-state index contributed by atoms with van der Waals surface area (Å²) in [6.07, 6.45) is 0.462. The van der Waals surface area contributed by atoms with Crippen molar-refractivity contribution in [3.05, 3.63) is 60.0 Å². The van der Waals surface area contributed by atoms with E-state index < -0.39 is 0 Å². The van der Waals surface area contributed by atoms with Crippen LogP contribution in [0.1, 0.15) is 34.1 Å². The first kappa shape index (κ1) is 23.0. The van der Waals surface area contributed by atoms with Gasteiger partial charge in [0.25, 0.3) is 0 Å². The second kappa shape index (κ2) is 10.1. The van der Waals surface area contributed by atoms with Crippen molar-refractivity contribution in [2.45, 2.75) is 44.3 Å².